The smallest absolute Gasteiger partial charge is 0.413 e. The van der Waals surface area contributed by atoms with Crippen LogP contribution in [0, 0.1) is 0 Å². The van der Waals surface area contributed by atoms with Gasteiger partial charge in [-0.1, -0.05) is 12.2 Å². The molecule has 0 unspecified atom stereocenters. The molecule has 0 aromatic rings. The highest BCUT2D eigenvalue weighted by atomic mass is 16.5. The molecule has 0 aliphatic rings. The van der Waals surface area contributed by atoms with Crippen LogP contribution < -0.4 is 0 Å². The molecule has 0 fully saturated rings. The predicted molar refractivity (Wildman–Crippen MR) is 59.6 cm³/mol. The van der Waals surface area contributed by atoms with Gasteiger partial charge in [0.05, 0.1) is 0 Å². The molecule has 0 radical (unpaired) electrons. The number of carbonyl (C=O) groups is 2. The molecule has 0 amide bonds. The van der Waals surface area contributed by atoms with Crippen molar-refractivity contribution in [3.05, 3.63) is 35.4 Å². The highest BCUT2D eigenvalue weighted by molar-refractivity contribution is 6.20. The molecule has 0 aromatic heterocycles. The standard InChI is InChI=1S/C10H10N4O4/c11-13-7-9(15)17-5-3-1-2-4-6-18-10(16)8-14-12/h1-4,7-8H,5-6H2/b3-1+,4-2+. The molecule has 0 N–H and O–H groups in total. The fourth-order valence-electron chi connectivity index (χ4n) is 0.698. The molecule has 8 nitrogen and oxygen atoms in total. The van der Waals surface area contributed by atoms with E-state index in [1.54, 1.807) is 12.2 Å². The Morgan fingerprint density at radius 2 is 1.28 bits per heavy atom. The van der Waals surface area contributed by atoms with E-state index < -0.39 is 11.9 Å². The van der Waals surface area contributed by atoms with Gasteiger partial charge in [-0.3, -0.25) is 0 Å². The highest BCUT2D eigenvalue weighted by Gasteiger charge is 2.00. The Bertz CT molecular complexity index is 401. The van der Waals surface area contributed by atoms with Crippen molar-refractivity contribution in [1.82, 2.24) is 0 Å². The Morgan fingerprint density at radius 1 is 0.889 bits per heavy atom. The SMILES string of the molecule is [N-]=[N+]=CC(=O)OC/C=C/C=C/COC(=O)C=[N+]=[N-]. The van der Waals surface area contributed by atoms with Crippen LogP contribution in [0.2, 0.25) is 0 Å². The minimum atomic E-state index is -0.761. The first-order valence-corrected chi connectivity index (χ1v) is 4.70. The molecule has 0 saturated heterocycles. The van der Waals surface area contributed by atoms with E-state index >= 15 is 0 Å². The largest absolute Gasteiger partial charge is 0.453 e. The molecule has 8 heteroatoms. The summed E-state index contributed by atoms with van der Waals surface area (Å²) in [5.41, 5.74) is 16.0. The van der Waals surface area contributed by atoms with Crippen LogP contribution in [0.5, 0.6) is 0 Å². The number of rotatable bonds is 7. The maximum Gasteiger partial charge on any atom is 0.413 e. The Hall–Kier alpha value is -2.82. The van der Waals surface area contributed by atoms with E-state index in [1.165, 1.54) is 12.2 Å². The topological polar surface area (TPSA) is 125 Å². The average Bonchev–Trinajstić information content (AvgIpc) is 2.33. The Labute approximate surface area is 102 Å². The van der Waals surface area contributed by atoms with Crippen molar-refractivity contribution in [2.75, 3.05) is 13.2 Å². The second kappa shape index (κ2) is 10.7. The molecule has 0 rings (SSSR count). The fraction of sp³-hybridized carbons (Fsp3) is 0.200. The van der Waals surface area contributed by atoms with Crippen molar-refractivity contribution >= 4 is 24.4 Å². The summed E-state index contributed by atoms with van der Waals surface area (Å²) in [4.78, 5) is 26.3. The number of esters is 2. The third kappa shape index (κ3) is 9.72. The monoisotopic (exact) mass is 250 g/mol. The molecule has 0 aliphatic heterocycles. The second-order valence-electron chi connectivity index (χ2n) is 2.61. The van der Waals surface area contributed by atoms with Crippen LogP contribution in [0.1, 0.15) is 0 Å². The van der Waals surface area contributed by atoms with Crippen molar-refractivity contribution in [1.29, 1.82) is 0 Å². The lowest BCUT2D eigenvalue weighted by molar-refractivity contribution is -0.138. The molecule has 0 heterocycles. The molecule has 0 spiro atoms. The Kier molecular flexibility index (Phi) is 9.01. The minimum Gasteiger partial charge on any atom is -0.453 e. The highest BCUT2D eigenvalue weighted by Crippen LogP contribution is 1.82. The first-order chi connectivity index (χ1) is 8.70. The quantitative estimate of drug-likeness (QED) is 0.203. The molecule has 18 heavy (non-hydrogen) atoms. The van der Waals surface area contributed by atoms with E-state index in [1.807, 2.05) is 0 Å². The summed E-state index contributed by atoms with van der Waals surface area (Å²) in [6.45, 7) is 0.0400. The van der Waals surface area contributed by atoms with Gasteiger partial charge in [0.25, 0.3) is 0 Å². The van der Waals surface area contributed by atoms with Gasteiger partial charge in [0, 0.05) is 0 Å². The maximum absolute atomic E-state index is 10.6. The number of allylic oxidation sites excluding steroid dienone is 2. The van der Waals surface area contributed by atoms with Gasteiger partial charge < -0.3 is 20.5 Å². The average molecular weight is 250 g/mol. The van der Waals surface area contributed by atoms with Crippen molar-refractivity contribution in [2.45, 2.75) is 0 Å². The van der Waals surface area contributed by atoms with Gasteiger partial charge in [0.15, 0.2) is 0 Å². The number of nitrogens with zero attached hydrogens (tertiary/aromatic N) is 4. The van der Waals surface area contributed by atoms with Gasteiger partial charge >= 0.3 is 24.4 Å². The van der Waals surface area contributed by atoms with E-state index in [0.717, 1.165) is 0 Å². The van der Waals surface area contributed by atoms with Crippen LogP contribution in [-0.4, -0.2) is 47.2 Å². The second-order valence-corrected chi connectivity index (χ2v) is 2.61. The van der Waals surface area contributed by atoms with Gasteiger partial charge in [-0.05, 0) is 12.2 Å². The van der Waals surface area contributed by atoms with E-state index in [-0.39, 0.29) is 13.2 Å². The maximum atomic E-state index is 10.6. The molecular weight excluding hydrogens is 240 g/mol. The summed E-state index contributed by atoms with van der Waals surface area (Å²) in [5, 5.41) is 0. The van der Waals surface area contributed by atoms with Crippen LogP contribution in [0.4, 0.5) is 0 Å². The molecule has 0 atom stereocenters. The summed E-state index contributed by atoms with van der Waals surface area (Å²) in [6, 6.07) is 0. The van der Waals surface area contributed by atoms with E-state index in [4.69, 9.17) is 11.1 Å². The van der Waals surface area contributed by atoms with Crippen LogP contribution in [0.15, 0.2) is 24.3 Å². The van der Waals surface area contributed by atoms with Gasteiger partial charge in [0.2, 0.25) is 0 Å². The van der Waals surface area contributed by atoms with Crippen LogP contribution in [0.25, 0.3) is 11.1 Å². The number of hydrogen-bond donors (Lipinski definition) is 0. The zero-order valence-electron chi connectivity index (χ0n) is 9.30. The van der Waals surface area contributed by atoms with Crippen molar-refractivity contribution in [3.63, 3.8) is 0 Å². The van der Waals surface area contributed by atoms with E-state index in [2.05, 4.69) is 19.1 Å². The molecule has 94 valence electrons. The Balaban J connectivity index is 3.69. The summed E-state index contributed by atoms with van der Waals surface area (Å²) >= 11 is 0. The molecule has 0 bridgehead atoms. The Morgan fingerprint density at radius 3 is 1.61 bits per heavy atom. The van der Waals surface area contributed by atoms with E-state index in [9.17, 15) is 9.59 Å². The molecule has 0 aromatic carbocycles. The first-order valence-electron chi connectivity index (χ1n) is 4.70. The predicted octanol–water partition coefficient (Wildman–Crippen LogP) is -0.214. The summed E-state index contributed by atoms with van der Waals surface area (Å²) in [7, 11) is 0. The van der Waals surface area contributed by atoms with Gasteiger partial charge in [-0.15, -0.1) is 0 Å². The lowest BCUT2D eigenvalue weighted by atomic mass is 10.4. The number of ether oxygens (including phenoxy) is 2. The number of hydrogen-bond acceptors (Lipinski definition) is 4. The van der Waals surface area contributed by atoms with Crippen molar-refractivity contribution in [3.8, 4) is 0 Å². The first kappa shape index (κ1) is 15.2. The lowest BCUT2D eigenvalue weighted by Crippen LogP contribution is -2.05. The van der Waals surface area contributed by atoms with Crippen molar-refractivity contribution < 1.29 is 28.6 Å². The zero-order valence-corrected chi connectivity index (χ0v) is 9.30. The zero-order chi connectivity index (χ0) is 13.6. The molecule has 0 aliphatic carbocycles. The third-order valence-electron chi connectivity index (χ3n) is 1.35. The van der Waals surface area contributed by atoms with Crippen LogP contribution in [0.3, 0.4) is 0 Å². The molecular formula is C10H10N4O4. The molecule has 0 saturated carbocycles. The summed E-state index contributed by atoms with van der Waals surface area (Å²) < 4.78 is 9.12. The van der Waals surface area contributed by atoms with Crippen LogP contribution >= 0.6 is 0 Å². The van der Waals surface area contributed by atoms with Crippen LogP contribution in [-0.2, 0) is 19.1 Å². The summed E-state index contributed by atoms with van der Waals surface area (Å²) in [5.74, 6) is -1.52. The van der Waals surface area contributed by atoms with Gasteiger partial charge in [0.1, 0.15) is 13.2 Å². The van der Waals surface area contributed by atoms with Gasteiger partial charge in [-0.2, -0.15) is 9.58 Å². The van der Waals surface area contributed by atoms with E-state index in [0.29, 0.717) is 12.4 Å². The van der Waals surface area contributed by atoms with Crippen molar-refractivity contribution in [2.24, 2.45) is 0 Å². The number of carbonyl (C=O) groups excluding carboxylic acids is 2. The minimum absolute atomic E-state index is 0.0200. The lowest BCUT2D eigenvalue weighted by Gasteiger charge is -1.92. The third-order valence-corrected chi connectivity index (χ3v) is 1.35. The fourth-order valence-corrected chi connectivity index (χ4v) is 0.698. The summed E-state index contributed by atoms with van der Waals surface area (Å²) in [6.07, 6.45) is 7.44. The normalized spacial score (nSPS) is 9.56. The van der Waals surface area contributed by atoms with Gasteiger partial charge in [-0.25, -0.2) is 9.59 Å².